The quantitative estimate of drug-likeness (QED) is 0.197. The molecule has 0 bridgehead atoms. The number of nitriles is 1. The lowest BCUT2D eigenvalue weighted by atomic mass is 10.1. The van der Waals surface area contributed by atoms with Crippen molar-refractivity contribution in [3.8, 4) is 17.6 Å². The van der Waals surface area contributed by atoms with Gasteiger partial charge < -0.3 is 14.2 Å². The van der Waals surface area contributed by atoms with Gasteiger partial charge in [0, 0.05) is 11.4 Å². The summed E-state index contributed by atoms with van der Waals surface area (Å²) in [5.41, 5.74) is 0.417. The van der Waals surface area contributed by atoms with E-state index in [1.165, 1.54) is 6.08 Å². The van der Waals surface area contributed by atoms with Gasteiger partial charge in [0.25, 0.3) is 0 Å². The van der Waals surface area contributed by atoms with E-state index in [-0.39, 0.29) is 18.6 Å². The average Bonchev–Trinajstić information content (AvgIpc) is 2.71. The first-order valence-electron chi connectivity index (χ1n) is 9.00. The van der Waals surface area contributed by atoms with Crippen LogP contribution in [-0.4, -0.2) is 25.2 Å². The average molecular weight is 414 g/mol. The molecule has 0 atom stereocenters. The van der Waals surface area contributed by atoms with E-state index < -0.39 is 11.9 Å². The Kier molecular flexibility index (Phi) is 8.74. The van der Waals surface area contributed by atoms with Gasteiger partial charge in [-0.2, -0.15) is 5.26 Å². The first-order valence-corrected chi connectivity index (χ1v) is 9.37. The number of hydrogen-bond donors (Lipinski definition) is 0. The highest BCUT2D eigenvalue weighted by atomic mass is 35.5. The highest BCUT2D eigenvalue weighted by molar-refractivity contribution is 6.30. The molecule has 2 rings (SSSR count). The summed E-state index contributed by atoms with van der Waals surface area (Å²) in [5.74, 6) is -0.101. The van der Waals surface area contributed by atoms with E-state index in [0.29, 0.717) is 35.1 Å². The molecule has 0 aliphatic carbocycles. The predicted molar refractivity (Wildman–Crippen MR) is 108 cm³/mol. The molecule has 150 valence electrons. The molecule has 0 aliphatic rings. The van der Waals surface area contributed by atoms with Crippen molar-refractivity contribution in [2.45, 2.75) is 19.8 Å². The largest absolute Gasteiger partial charge is 0.494 e. The predicted octanol–water partition coefficient (Wildman–Crippen LogP) is 4.57. The lowest BCUT2D eigenvalue weighted by Gasteiger charge is -2.07. The number of hydrogen-bond acceptors (Lipinski definition) is 6. The third-order valence-electron chi connectivity index (χ3n) is 3.62. The molecule has 6 nitrogen and oxygen atoms in total. The fourth-order valence-electron chi connectivity index (χ4n) is 2.30. The van der Waals surface area contributed by atoms with E-state index in [1.54, 1.807) is 61.5 Å². The van der Waals surface area contributed by atoms with Gasteiger partial charge in [0.05, 0.1) is 13.2 Å². The van der Waals surface area contributed by atoms with Crippen LogP contribution >= 0.6 is 11.6 Å². The molecule has 0 N–H and O–H groups in total. The zero-order chi connectivity index (χ0) is 21.1. The number of rotatable bonds is 9. The van der Waals surface area contributed by atoms with Crippen molar-refractivity contribution in [1.82, 2.24) is 0 Å². The topological polar surface area (TPSA) is 85.6 Å². The summed E-state index contributed by atoms with van der Waals surface area (Å²) in [4.78, 5) is 23.7. The Balaban J connectivity index is 1.85. The maximum atomic E-state index is 12.0. The van der Waals surface area contributed by atoms with Gasteiger partial charge in [-0.25, -0.2) is 4.79 Å². The second-order valence-electron chi connectivity index (χ2n) is 5.84. The molecule has 29 heavy (non-hydrogen) atoms. The number of esters is 2. The number of ether oxygens (including phenoxy) is 3. The second kappa shape index (κ2) is 11.5. The van der Waals surface area contributed by atoms with Crippen molar-refractivity contribution in [2.75, 3.05) is 13.2 Å². The van der Waals surface area contributed by atoms with Crippen LogP contribution in [-0.2, 0) is 14.3 Å². The summed E-state index contributed by atoms with van der Waals surface area (Å²) in [5, 5.41) is 9.72. The van der Waals surface area contributed by atoms with Gasteiger partial charge in [0.1, 0.15) is 23.1 Å². The van der Waals surface area contributed by atoms with Gasteiger partial charge in [-0.3, -0.25) is 4.79 Å². The van der Waals surface area contributed by atoms with E-state index in [0.717, 1.165) is 0 Å². The monoisotopic (exact) mass is 413 g/mol. The molecule has 0 radical (unpaired) electrons. The number of carbonyl (C=O) groups excluding carboxylic acids is 2. The molecular formula is C22H20ClNO5. The van der Waals surface area contributed by atoms with Gasteiger partial charge in [-0.1, -0.05) is 23.7 Å². The van der Waals surface area contributed by atoms with E-state index in [4.69, 9.17) is 31.1 Å². The Morgan fingerprint density at radius 3 is 2.59 bits per heavy atom. The van der Waals surface area contributed by atoms with Crippen LogP contribution in [0.1, 0.15) is 25.3 Å². The third kappa shape index (κ3) is 7.68. The Hall–Kier alpha value is -3.30. The highest BCUT2D eigenvalue weighted by Crippen LogP contribution is 2.18. The van der Waals surface area contributed by atoms with Crippen molar-refractivity contribution in [3.63, 3.8) is 0 Å². The van der Waals surface area contributed by atoms with Crippen molar-refractivity contribution < 1.29 is 23.8 Å². The molecule has 0 spiro atoms. The Labute approximate surface area is 174 Å². The standard InChI is InChI=1S/C22H20ClNO5/c1-2-27-22(26)17(15-24)13-16-5-3-6-20(14-16)29-21(25)7-4-12-28-19-10-8-18(23)9-11-19/h3,5-6,8-11,13-14H,2,4,7,12H2,1H3/b17-13+. The fraction of sp³-hybridized carbons (Fsp3) is 0.227. The summed E-state index contributed by atoms with van der Waals surface area (Å²) >= 11 is 5.81. The minimum absolute atomic E-state index is 0.130. The smallest absolute Gasteiger partial charge is 0.348 e. The lowest BCUT2D eigenvalue weighted by molar-refractivity contribution is -0.138. The first kappa shape index (κ1) is 22.0. The molecule has 0 saturated heterocycles. The van der Waals surface area contributed by atoms with Crippen LogP contribution in [0.25, 0.3) is 6.08 Å². The van der Waals surface area contributed by atoms with E-state index in [2.05, 4.69) is 0 Å². The third-order valence-corrected chi connectivity index (χ3v) is 3.88. The summed E-state index contributed by atoms with van der Waals surface area (Å²) in [6.07, 6.45) is 2.05. The van der Waals surface area contributed by atoms with E-state index in [1.807, 2.05) is 0 Å². The van der Waals surface area contributed by atoms with Crippen molar-refractivity contribution >= 4 is 29.6 Å². The SMILES string of the molecule is CCOC(=O)/C(C#N)=C/c1cccc(OC(=O)CCCOc2ccc(Cl)cc2)c1. The second-order valence-corrected chi connectivity index (χ2v) is 6.28. The van der Waals surface area contributed by atoms with Crippen LogP contribution in [0.5, 0.6) is 11.5 Å². The first-order chi connectivity index (χ1) is 14.0. The van der Waals surface area contributed by atoms with Crippen LogP contribution in [0.2, 0.25) is 5.02 Å². The molecule has 2 aromatic carbocycles. The Bertz CT molecular complexity index is 916. The van der Waals surface area contributed by atoms with Crippen LogP contribution in [0.3, 0.4) is 0 Å². The molecular weight excluding hydrogens is 394 g/mol. The van der Waals surface area contributed by atoms with E-state index in [9.17, 15) is 9.59 Å². The molecule has 0 unspecified atom stereocenters. The van der Waals surface area contributed by atoms with Gasteiger partial charge in [-0.05, 0) is 61.4 Å². The van der Waals surface area contributed by atoms with Gasteiger partial charge in [0.2, 0.25) is 0 Å². The lowest BCUT2D eigenvalue weighted by Crippen LogP contribution is -2.10. The maximum Gasteiger partial charge on any atom is 0.348 e. The van der Waals surface area contributed by atoms with Gasteiger partial charge >= 0.3 is 11.9 Å². The molecule has 0 aliphatic heterocycles. The van der Waals surface area contributed by atoms with Crippen LogP contribution < -0.4 is 9.47 Å². The van der Waals surface area contributed by atoms with Gasteiger partial charge in [0.15, 0.2) is 0 Å². The Morgan fingerprint density at radius 1 is 1.14 bits per heavy atom. The molecule has 0 aromatic heterocycles. The van der Waals surface area contributed by atoms with Crippen LogP contribution in [0, 0.1) is 11.3 Å². The molecule has 0 saturated carbocycles. The minimum Gasteiger partial charge on any atom is -0.494 e. The Morgan fingerprint density at radius 2 is 1.90 bits per heavy atom. The zero-order valence-corrected chi connectivity index (χ0v) is 16.6. The normalized spacial score (nSPS) is 10.7. The van der Waals surface area contributed by atoms with E-state index >= 15 is 0 Å². The number of benzene rings is 2. The van der Waals surface area contributed by atoms with Crippen molar-refractivity contribution in [2.24, 2.45) is 0 Å². The maximum absolute atomic E-state index is 12.0. The van der Waals surface area contributed by atoms with Crippen molar-refractivity contribution in [1.29, 1.82) is 5.26 Å². The van der Waals surface area contributed by atoms with Crippen LogP contribution in [0.4, 0.5) is 0 Å². The number of carbonyl (C=O) groups is 2. The fourth-order valence-corrected chi connectivity index (χ4v) is 2.43. The molecule has 0 amide bonds. The summed E-state index contributed by atoms with van der Waals surface area (Å²) in [6, 6.07) is 15.3. The molecule has 0 heterocycles. The summed E-state index contributed by atoms with van der Waals surface area (Å²) < 4.78 is 15.7. The van der Waals surface area contributed by atoms with Gasteiger partial charge in [-0.15, -0.1) is 0 Å². The summed E-state index contributed by atoms with van der Waals surface area (Å²) in [7, 11) is 0. The summed E-state index contributed by atoms with van der Waals surface area (Å²) in [6.45, 7) is 2.20. The molecule has 7 heteroatoms. The molecule has 2 aromatic rings. The highest BCUT2D eigenvalue weighted by Gasteiger charge is 2.10. The number of halogens is 1. The van der Waals surface area contributed by atoms with Crippen LogP contribution in [0.15, 0.2) is 54.1 Å². The zero-order valence-electron chi connectivity index (χ0n) is 15.9. The minimum atomic E-state index is -0.696. The molecule has 0 fully saturated rings. The number of nitrogens with zero attached hydrogens (tertiary/aromatic N) is 1. The van der Waals surface area contributed by atoms with Crippen molar-refractivity contribution in [3.05, 3.63) is 64.7 Å².